The average Bonchev–Trinajstić information content (AvgIpc) is 3.37. The maximum Gasteiger partial charge on any atom is 0.318 e. The molecule has 1 aromatic carbocycles. The molecular formula is C18H26FN3O2. The number of carbonyl (C=O) groups is 1. The van der Waals surface area contributed by atoms with Crippen molar-refractivity contribution < 1.29 is 14.3 Å². The number of piperidine rings is 1. The Kier molecular flexibility index (Phi) is 5.23. The van der Waals surface area contributed by atoms with Gasteiger partial charge in [-0.25, -0.2) is 9.18 Å². The Hall–Kier alpha value is -1.82. The summed E-state index contributed by atoms with van der Waals surface area (Å²) in [5.41, 5.74) is 1.95. The van der Waals surface area contributed by atoms with Gasteiger partial charge in [0.2, 0.25) is 0 Å². The van der Waals surface area contributed by atoms with Crippen LogP contribution >= 0.6 is 0 Å². The van der Waals surface area contributed by atoms with Crippen LogP contribution in [-0.4, -0.2) is 54.4 Å². The Morgan fingerprint density at radius 2 is 2.21 bits per heavy atom. The molecule has 2 aliphatic rings. The molecule has 5 nitrogen and oxygen atoms in total. The fraction of sp³-hybridized carbons (Fsp3) is 0.611. The van der Waals surface area contributed by atoms with E-state index in [9.17, 15) is 9.18 Å². The Labute approximate surface area is 142 Å². The summed E-state index contributed by atoms with van der Waals surface area (Å²) >= 11 is 0. The first-order chi connectivity index (χ1) is 11.6. The third-order valence-electron chi connectivity index (χ3n) is 4.84. The van der Waals surface area contributed by atoms with Crippen molar-refractivity contribution in [3.63, 3.8) is 0 Å². The number of nitrogens with zero attached hydrogens (tertiary/aromatic N) is 2. The molecule has 1 unspecified atom stereocenters. The third kappa shape index (κ3) is 3.98. The number of carbonyl (C=O) groups excluding carboxylic acids is 1. The molecule has 2 amide bonds. The molecule has 2 N–H and O–H groups in total. The molecule has 1 saturated heterocycles. The van der Waals surface area contributed by atoms with Crippen molar-refractivity contribution in [3.05, 3.63) is 29.6 Å². The van der Waals surface area contributed by atoms with Crippen molar-refractivity contribution >= 4 is 11.7 Å². The van der Waals surface area contributed by atoms with E-state index < -0.39 is 0 Å². The summed E-state index contributed by atoms with van der Waals surface area (Å²) in [6, 6.07) is 5.15. The number of anilines is 1. The summed E-state index contributed by atoms with van der Waals surface area (Å²) in [7, 11) is 0. The van der Waals surface area contributed by atoms with Gasteiger partial charge in [0.1, 0.15) is 5.82 Å². The lowest BCUT2D eigenvalue weighted by Crippen LogP contribution is -2.52. The smallest absolute Gasteiger partial charge is 0.318 e. The van der Waals surface area contributed by atoms with Crippen molar-refractivity contribution in [2.45, 2.75) is 44.7 Å². The maximum atomic E-state index is 13.3. The van der Waals surface area contributed by atoms with E-state index in [1.807, 2.05) is 13.0 Å². The van der Waals surface area contributed by atoms with Crippen molar-refractivity contribution in [2.75, 3.05) is 31.1 Å². The van der Waals surface area contributed by atoms with E-state index in [2.05, 4.69) is 10.2 Å². The second kappa shape index (κ2) is 7.38. The van der Waals surface area contributed by atoms with Gasteiger partial charge in [-0.2, -0.15) is 0 Å². The molecule has 1 aliphatic heterocycles. The van der Waals surface area contributed by atoms with Crippen LogP contribution in [0.3, 0.4) is 0 Å². The van der Waals surface area contributed by atoms with E-state index in [0.717, 1.165) is 50.0 Å². The molecule has 132 valence electrons. The van der Waals surface area contributed by atoms with Gasteiger partial charge in [-0.3, -0.25) is 0 Å². The molecule has 6 heteroatoms. The van der Waals surface area contributed by atoms with Gasteiger partial charge < -0.3 is 20.2 Å². The summed E-state index contributed by atoms with van der Waals surface area (Å²) in [5, 5.41) is 12.3. The van der Waals surface area contributed by atoms with Crippen molar-refractivity contribution in [3.8, 4) is 0 Å². The minimum absolute atomic E-state index is 0.00448. The van der Waals surface area contributed by atoms with E-state index >= 15 is 0 Å². The molecule has 3 rings (SSSR count). The Bertz CT molecular complexity index is 592. The lowest BCUT2D eigenvalue weighted by Gasteiger charge is -2.36. The standard InChI is InChI=1S/C18H26FN3O2/c1-13-11-14(19)4-7-17(13)21-8-2-3-15(12-21)20-18(24)22(9-10-23)16-5-6-16/h4,7,11,15-16,23H,2-3,5-6,8-10,12H2,1H3,(H,20,24). The summed E-state index contributed by atoms with van der Waals surface area (Å²) < 4.78 is 13.3. The molecule has 0 radical (unpaired) electrons. The Morgan fingerprint density at radius 1 is 1.42 bits per heavy atom. The van der Waals surface area contributed by atoms with Gasteiger partial charge in [0.15, 0.2) is 0 Å². The maximum absolute atomic E-state index is 13.3. The largest absolute Gasteiger partial charge is 0.395 e. The van der Waals surface area contributed by atoms with Crippen LogP contribution in [0.1, 0.15) is 31.2 Å². The number of benzene rings is 1. The van der Waals surface area contributed by atoms with Gasteiger partial charge in [-0.05, 0) is 56.4 Å². The van der Waals surface area contributed by atoms with Gasteiger partial charge in [-0.15, -0.1) is 0 Å². The first kappa shape index (κ1) is 17.0. The van der Waals surface area contributed by atoms with Crippen molar-refractivity contribution in [1.82, 2.24) is 10.2 Å². The van der Waals surface area contributed by atoms with Crippen molar-refractivity contribution in [2.24, 2.45) is 0 Å². The Morgan fingerprint density at radius 3 is 2.88 bits per heavy atom. The summed E-state index contributed by atoms with van der Waals surface area (Å²) in [6.45, 7) is 3.95. The number of amides is 2. The Balaban J connectivity index is 1.61. The SMILES string of the molecule is Cc1cc(F)ccc1N1CCCC(NC(=O)N(CCO)C2CC2)C1. The van der Waals surface area contributed by atoms with E-state index in [0.29, 0.717) is 6.54 Å². The first-order valence-electron chi connectivity index (χ1n) is 8.77. The van der Waals surface area contributed by atoms with E-state index in [-0.39, 0.29) is 30.5 Å². The van der Waals surface area contributed by atoms with Crippen LogP contribution in [0.4, 0.5) is 14.9 Å². The summed E-state index contributed by atoms with van der Waals surface area (Å²) in [6.07, 6.45) is 3.99. The van der Waals surface area contributed by atoms with Crippen LogP contribution in [-0.2, 0) is 0 Å². The van der Waals surface area contributed by atoms with Gasteiger partial charge in [-0.1, -0.05) is 0 Å². The number of halogens is 1. The number of aliphatic hydroxyl groups excluding tert-OH is 1. The topological polar surface area (TPSA) is 55.8 Å². The highest BCUT2D eigenvalue weighted by Crippen LogP contribution is 2.27. The second-order valence-corrected chi connectivity index (χ2v) is 6.81. The van der Waals surface area contributed by atoms with Crippen LogP contribution in [0.25, 0.3) is 0 Å². The lowest BCUT2D eigenvalue weighted by atomic mass is 10.0. The van der Waals surface area contributed by atoms with Gasteiger partial charge in [0, 0.05) is 37.4 Å². The number of urea groups is 1. The monoisotopic (exact) mass is 335 g/mol. The number of hydrogen-bond acceptors (Lipinski definition) is 3. The molecule has 24 heavy (non-hydrogen) atoms. The molecule has 1 aromatic rings. The lowest BCUT2D eigenvalue weighted by molar-refractivity contribution is 0.169. The number of nitrogens with one attached hydrogen (secondary N) is 1. The van der Waals surface area contributed by atoms with Gasteiger partial charge >= 0.3 is 6.03 Å². The summed E-state index contributed by atoms with van der Waals surface area (Å²) in [4.78, 5) is 16.4. The molecule has 0 aromatic heterocycles. The zero-order chi connectivity index (χ0) is 17.1. The van der Waals surface area contributed by atoms with Gasteiger partial charge in [0.25, 0.3) is 0 Å². The fourth-order valence-corrected chi connectivity index (χ4v) is 3.49. The number of aryl methyl sites for hydroxylation is 1. The normalized spacial score (nSPS) is 20.8. The first-order valence-corrected chi connectivity index (χ1v) is 8.77. The fourth-order valence-electron chi connectivity index (χ4n) is 3.49. The van der Waals surface area contributed by atoms with Crippen LogP contribution < -0.4 is 10.2 Å². The number of rotatable bonds is 5. The predicted octanol–water partition coefficient (Wildman–Crippen LogP) is 2.27. The molecule has 1 heterocycles. The van der Waals surface area contributed by atoms with Crippen LogP contribution in [0.2, 0.25) is 0 Å². The quantitative estimate of drug-likeness (QED) is 0.868. The van der Waals surface area contributed by atoms with Gasteiger partial charge in [0.05, 0.1) is 6.61 Å². The molecule has 0 bridgehead atoms. The zero-order valence-corrected chi connectivity index (χ0v) is 14.2. The third-order valence-corrected chi connectivity index (χ3v) is 4.84. The molecule has 1 aliphatic carbocycles. The number of aliphatic hydroxyl groups is 1. The zero-order valence-electron chi connectivity index (χ0n) is 14.2. The molecular weight excluding hydrogens is 309 g/mol. The highest BCUT2D eigenvalue weighted by atomic mass is 19.1. The van der Waals surface area contributed by atoms with Crippen LogP contribution in [0.5, 0.6) is 0 Å². The highest BCUT2D eigenvalue weighted by Gasteiger charge is 2.33. The van der Waals surface area contributed by atoms with E-state index in [4.69, 9.17) is 5.11 Å². The molecule has 0 spiro atoms. The highest BCUT2D eigenvalue weighted by molar-refractivity contribution is 5.75. The van der Waals surface area contributed by atoms with E-state index in [1.54, 1.807) is 11.0 Å². The molecule has 1 saturated carbocycles. The predicted molar refractivity (Wildman–Crippen MR) is 91.7 cm³/mol. The van der Waals surface area contributed by atoms with E-state index in [1.165, 1.54) is 6.07 Å². The molecule has 1 atom stereocenters. The van der Waals surface area contributed by atoms with Crippen LogP contribution in [0, 0.1) is 12.7 Å². The number of hydrogen-bond donors (Lipinski definition) is 2. The average molecular weight is 335 g/mol. The minimum atomic E-state index is -0.220. The van der Waals surface area contributed by atoms with Crippen molar-refractivity contribution in [1.29, 1.82) is 0 Å². The second-order valence-electron chi connectivity index (χ2n) is 6.81. The minimum Gasteiger partial charge on any atom is -0.395 e. The summed E-state index contributed by atoms with van der Waals surface area (Å²) in [5.74, 6) is -0.220. The van der Waals surface area contributed by atoms with Crippen LogP contribution in [0.15, 0.2) is 18.2 Å². The molecule has 2 fully saturated rings.